The average Bonchev–Trinajstić information content (AvgIpc) is 3.29. The molecule has 26 heavy (non-hydrogen) atoms. The van der Waals surface area contributed by atoms with E-state index >= 15 is 0 Å². The third-order valence-corrected chi connectivity index (χ3v) is 7.47. The van der Waals surface area contributed by atoms with E-state index in [1.54, 1.807) is 12.1 Å². The molecule has 0 bridgehead atoms. The molecule has 6 aromatic rings. The second-order valence-electron chi connectivity index (χ2n) is 6.31. The fraction of sp³-hybridized carbons (Fsp3) is 0. The van der Waals surface area contributed by atoms with Gasteiger partial charge in [-0.2, -0.15) is 0 Å². The second-order valence-corrected chi connectivity index (χ2v) is 8.35. The minimum absolute atomic E-state index is 0.180. The molecule has 0 unspecified atom stereocenters. The molecule has 0 fully saturated rings. The van der Waals surface area contributed by atoms with Crippen LogP contribution >= 0.6 is 22.7 Å². The molecule has 6 heteroatoms. The largest absolute Gasteiger partial charge is 0.288 e. The highest BCUT2D eigenvalue weighted by molar-refractivity contribution is 7.37. The standard InChI is InChI=1S/C20H6F2O2S2/c21-7-1-3-9-11(5-7)15(23)17-13(9)19-20(25-17)14-10-4-2-8(22)6-12(10)16(24)18(14)26-19/h1-6H. The summed E-state index contributed by atoms with van der Waals surface area (Å²) in [6.45, 7) is 0. The maximum atomic E-state index is 13.5. The van der Waals surface area contributed by atoms with Gasteiger partial charge in [0.25, 0.3) is 0 Å². The van der Waals surface area contributed by atoms with Crippen LogP contribution in [0.15, 0.2) is 46.0 Å². The van der Waals surface area contributed by atoms with Gasteiger partial charge in [0, 0.05) is 21.5 Å². The first-order valence-electron chi connectivity index (χ1n) is 7.83. The van der Waals surface area contributed by atoms with E-state index in [-0.39, 0.29) is 10.9 Å². The highest BCUT2D eigenvalue weighted by Crippen LogP contribution is 2.47. The van der Waals surface area contributed by atoms with Gasteiger partial charge in [-0.05, 0) is 35.0 Å². The number of rotatable bonds is 0. The molecule has 0 amide bonds. The van der Waals surface area contributed by atoms with Gasteiger partial charge in [-0.1, -0.05) is 12.1 Å². The molecule has 0 N–H and O–H groups in total. The Bertz CT molecular complexity index is 1520. The van der Waals surface area contributed by atoms with Crippen molar-refractivity contribution in [2.75, 3.05) is 0 Å². The Kier molecular flexibility index (Phi) is 2.52. The zero-order chi connectivity index (χ0) is 17.7. The molecule has 124 valence electrons. The van der Waals surface area contributed by atoms with E-state index in [9.17, 15) is 18.4 Å². The van der Waals surface area contributed by atoms with E-state index in [2.05, 4.69) is 0 Å². The molecule has 0 saturated heterocycles. The predicted molar refractivity (Wildman–Crippen MR) is 105 cm³/mol. The molecule has 0 aliphatic rings. The minimum Gasteiger partial charge on any atom is -0.288 e. The van der Waals surface area contributed by atoms with Gasteiger partial charge in [0.15, 0.2) is 0 Å². The predicted octanol–water partition coefficient (Wildman–Crippen LogP) is 5.45. The van der Waals surface area contributed by atoms with Crippen molar-refractivity contribution in [3.8, 4) is 0 Å². The quantitative estimate of drug-likeness (QED) is 0.351. The lowest BCUT2D eigenvalue weighted by atomic mass is 10.1. The van der Waals surface area contributed by atoms with Crippen LogP contribution in [0.4, 0.5) is 8.78 Å². The van der Waals surface area contributed by atoms with Crippen LogP contribution < -0.4 is 10.9 Å². The van der Waals surface area contributed by atoms with Crippen molar-refractivity contribution in [1.82, 2.24) is 0 Å². The Labute approximate surface area is 151 Å². The summed E-state index contributed by atoms with van der Waals surface area (Å²) in [7, 11) is 0. The van der Waals surface area contributed by atoms with Crippen LogP contribution in [-0.4, -0.2) is 0 Å². The van der Waals surface area contributed by atoms with Crippen LogP contribution in [-0.2, 0) is 0 Å². The Morgan fingerprint density at radius 3 is 1.42 bits per heavy atom. The number of hydrogen-bond acceptors (Lipinski definition) is 4. The molecular formula is C20H6F2O2S2. The maximum absolute atomic E-state index is 13.5. The van der Waals surface area contributed by atoms with Crippen LogP contribution in [0.25, 0.3) is 51.1 Å². The number of fused-ring (bicyclic) bond motifs is 9. The van der Waals surface area contributed by atoms with Crippen molar-refractivity contribution in [2.45, 2.75) is 0 Å². The van der Waals surface area contributed by atoms with Gasteiger partial charge in [0.1, 0.15) is 11.6 Å². The first kappa shape index (κ1) is 14.5. The van der Waals surface area contributed by atoms with Gasteiger partial charge in [0.05, 0.1) is 18.8 Å². The number of thiophene rings is 2. The van der Waals surface area contributed by atoms with E-state index in [4.69, 9.17) is 0 Å². The van der Waals surface area contributed by atoms with Gasteiger partial charge in [-0.15, -0.1) is 22.7 Å². The fourth-order valence-corrected chi connectivity index (χ4v) is 6.67. The molecular weight excluding hydrogens is 374 g/mol. The summed E-state index contributed by atoms with van der Waals surface area (Å²) >= 11 is 2.66. The summed E-state index contributed by atoms with van der Waals surface area (Å²) in [5.41, 5.74) is -0.361. The molecule has 0 spiro atoms. The van der Waals surface area contributed by atoms with Crippen molar-refractivity contribution in [1.29, 1.82) is 0 Å². The van der Waals surface area contributed by atoms with E-state index in [1.807, 2.05) is 0 Å². The first-order valence-corrected chi connectivity index (χ1v) is 9.46. The Morgan fingerprint density at radius 2 is 1.00 bits per heavy atom. The average molecular weight is 380 g/mol. The molecule has 0 aliphatic carbocycles. The zero-order valence-electron chi connectivity index (χ0n) is 12.9. The van der Waals surface area contributed by atoms with Crippen molar-refractivity contribution >= 4 is 73.8 Å². The van der Waals surface area contributed by atoms with E-state index in [0.717, 1.165) is 20.2 Å². The van der Waals surface area contributed by atoms with Crippen LogP contribution in [0, 0.1) is 11.6 Å². The summed E-state index contributed by atoms with van der Waals surface area (Å²) in [5, 5.41) is 3.75. The molecule has 4 aromatic carbocycles. The summed E-state index contributed by atoms with van der Waals surface area (Å²) in [6.07, 6.45) is 0. The van der Waals surface area contributed by atoms with E-state index in [1.165, 1.54) is 46.9 Å². The number of halogens is 2. The van der Waals surface area contributed by atoms with Crippen molar-refractivity contribution in [2.24, 2.45) is 0 Å². The van der Waals surface area contributed by atoms with Gasteiger partial charge in [-0.3, -0.25) is 9.59 Å². The third kappa shape index (κ3) is 1.55. The van der Waals surface area contributed by atoms with Crippen LogP contribution in [0.3, 0.4) is 0 Å². The topological polar surface area (TPSA) is 34.1 Å². The van der Waals surface area contributed by atoms with Crippen molar-refractivity contribution < 1.29 is 8.78 Å². The molecule has 2 aromatic heterocycles. The van der Waals surface area contributed by atoms with Crippen LogP contribution in [0.1, 0.15) is 0 Å². The molecule has 2 nitrogen and oxygen atoms in total. The van der Waals surface area contributed by atoms with Gasteiger partial charge < -0.3 is 0 Å². The highest BCUT2D eigenvalue weighted by atomic mass is 32.1. The van der Waals surface area contributed by atoms with Crippen molar-refractivity contribution in [3.05, 3.63) is 68.5 Å². The smallest absolute Gasteiger partial charge is 0.204 e. The fourth-order valence-electron chi connectivity index (χ4n) is 3.83. The number of benzene rings is 2. The van der Waals surface area contributed by atoms with E-state index in [0.29, 0.717) is 30.9 Å². The van der Waals surface area contributed by atoms with Gasteiger partial charge >= 0.3 is 0 Å². The summed E-state index contributed by atoms with van der Waals surface area (Å²) in [6, 6.07) is 8.46. The van der Waals surface area contributed by atoms with E-state index < -0.39 is 11.6 Å². The third-order valence-electron chi connectivity index (χ3n) is 4.93. The van der Waals surface area contributed by atoms with Gasteiger partial charge in [-0.25, -0.2) is 8.78 Å². The van der Waals surface area contributed by atoms with Crippen LogP contribution in [0.5, 0.6) is 0 Å². The molecule has 0 aliphatic heterocycles. The second kappa shape index (κ2) is 4.52. The summed E-state index contributed by atoms with van der Waals surface area (Å²) in [5.74, 6) is -0.883. The lowest BCUT2D eigenvalue weighted by molar-refractivity contribution is 0.629. The normalized spacial score (nSPS) is 12.5. The van der Waals surface area contributed by atoms with Gasteiger partial charge in [0.2, 0.25) is 10.9 Å². The molecule has 0 atom stereocenters. The maximum Gasteiger partial charge on any atom is 0.204 e. The molecule has 0 radical (unpaired) electrons. The van der Waals surface area contributed by atoms with Crippen molar-refractivity contribution in [3.63, 3.8) is 0 Å². The Balaban J connectivity index is 1.91. The monoisotopic (exact) mass is 380 g/mol. The first-order chi connectivity index (χ1) is 12.5. The highest BCUT2D eigenvalue weighted by Gasteiger charge is 2.23. The Morgan fingerprint density at radius 1 is 0.577 bits per heavy atom. The molecule has 2 heterocycles. The lowest BCUT2D eigenvalue weighted by Crippen LogP contribution is -1.92. The van der Waals surface area contributed by atoms with Crippen LogP contribution in [0.2, 0.25) is 0 Å². The zero-order valence-corrected chi connectivity index (χ0v) is 14.5. The Hall–Kier alpha value is -2.70. The summed E-state index contributed by atoms with van der Waals surface area (Å²) < 4.78 is 30.0. The molecule has 6 rings (SSSR count). The molecule has 0 saturated carbocycles. The SMILES string of the molecule is O=c1c2cc(F)ccc2c2c1sc1c2sc2c(=O)c3cc(F)ccc3c21. The summed E-state index contributed by atoms with van der Waals surface area (Å²) in [4.78, 5) is 25.4. The minimum atomic E-state index is -0.441. The number of hydrogen-bond donors (Lipinski definition) is 0. The lowest BCUT2D eigenvalue weighted by Gasteiger charge is -1.91.